The van der Waals surface area contributed by atoms with E-state index in [-0.39, 0.29) is 17.2 Å². The van der Waals surface area contributed by atoms with Gasteiger partial charge in [0.05, 0.1) is 11.7 Å². The van der Waals surface area contributed by atoms with Crippen LogP contribution in [0.3, 0.4) is 0 Å². The number of nitrogens with zero attached hydrogens (tertiary/aromatic N) is 3. The van der Waals surface area contributed by atoms with Crippen molar-refractivity contribution in [3.63, 3.8) is 0 Å². The topological polar surface area (TPSA) is 115 Å². The largest absolute Gasteiger partial charge is 0.487 e. The summed E-state index contributed by atoms with van der Waals surface area (Å²) in [4.78, 5) is 54.7. The molecule has 0 saturated carbocycles. The zero-order chi connectivity index (χ0) is 41.0. The van der Waals surface area contributed by atoms with Crippen molar-refractivity contribution >= 4 is 35.4 Å². The van der Waals surface area contributed by atoms with Crippen LogP contribution in [0.15, 0.2) is 36.4 Å². The van der Waals surface area contributed by atoms with E-state index in [9.17, 15) is 41.1 Å². The van der Waals surface area contributed by atoms with Gasteiger partial charge in [-0.3, -0.25) is 19.4 Å². The van der Waals surface area contributed by atoms with Crippen LogP contribution in [0.2, 0.25) is 0 Å². The molecule has 17 heteroatoms. The molecule has 0 spiro atoms. The summed E-state index contributed by atoms with van der Waals surface area (Å²) in [7, 11) is 0. The molecule has 11 nitrogen and oxygen atoms in total. The molecule has 1 aliphatic rings. The van der Waals surface area contributed by atoms with E-state index in [2.05, 4.69) is 0 Å². The third kappa shape index (κ3) is 12.4. The lowest BCUT2D eigenvalue weighted by atomic mass is 10.1. The Kier molecular flexibility index (Phi) is 13.6. The lowest BCUT2D eigenvalue weighted by Gasteiger charge is -2.33. The third-order valence-electron chi connectivity index (χ3n) is 7.34. The van der Waals surface area contributed by atoms with E-state index in [1.54, 1.807) is 71.9 Å². The Morgan fingerprint density at radius 2 is 1.44 bits per heavy atom. The molecule has 2 aromatic carbocycles. The summed E-state index contributed by atoms with van der Waals surface area (Å²) in [5.41, 5.74) is -4.62. The Morgan fingerprint density at radius 3 is 1.96 bits per heavy atom. The maximum atomic E-state index is 17.1. The minimum atomic E-state index is -5.60. The van der Waals surface area contributed by atoms with Gasteiger partial charge in [0, 0.05) is 37.6 Å². The summed E-state index contributed by atoms with van der Waals surface area (Å²) in [5, 5.41) is 0. The van der Waals surface area contributed by atoms with Crippen LogP contribution < -0.4 is 14.5 Å². The molecular weight excluding hydrogens is 728 g/mol. The van der Waals surface area contributed by atoms with Gasteiger partial charge in [-0.15, -0.1) is 0 Å². The van der Waals surface area contributed by atoms with Gasteiger partial charge in [-0.05, 0) is 67.9 Å². The second-order valence-electron chi connectivity index (χ2n) is 15.6. The van der Waals surface area contributed by atoms with Gasteiger partial charge >= 0.3 is 30.2 Å². The second-order valence-corrected chi connectivity index (χ2v) is 15.6. The summed E-state index contributed by atoms with van der Waals surface area (Å²) in [6.45, 7) is 10.8. The molecule has 0 aliphatic carbocycles. The molecule has 0 unspecified atom stereocenters. The molecule has 300 valence electrons. The van der Waals surface area contributed by atoms with Gasteiger partial charge < -0.3 is 23.8 Å². The molecule has 2 aromatic rings. The number of anilines is 2. The van der Waals surface area contributed by atoms with Crippen LogP contribution in [0.25, 0.3) is 0 Å². The molecule has 3 rings (SSSR count). The zero-order valence-electron chi connectivity index (χ0n) is 31.7. The Labute approximate surface area is 310 Å². The molecule has 0 saturated heterocycles. The first-order valence-electron chi connectivity index (χ1n) is 17.1. The fraction of sp³-hybridized carbons (Fsp3) is 0.568. The van der Waals surface area contributed by atoms with Gasteiger partial charge in [-0.1, -0.05) is 30.3 Å². The molecule has 0 bridgehead atoms. The summed E-state index contributed by atoms with van der Waals surface area (Å²) < 4.78 is 108. The molecule has 3 amide bonds. The number of rotatable bonds is 11. The standard InChI is InChI=1S/C37H47F6N3O8/c1-34(2,3)52-28(47)20-45(31(48)37(41,42)43)30-26(51-21-22-13-11-10-12-14-22)18-25-24(29(30)40)17-23(46(25)33(50)54-36(7,8)9)19-44(16-15-27(38)39)32(49)53-35(4,5)6/h10-14,18,23,27H,15-17,19-21H2,1-9H3/t23-/m1/s1. The van der Waals surface area contributed by atoms with Crippen LogP contribution >= 0.6 is 0 Å². The molecule has 0 radical (unpaired) electrons. The van der Waals surface area contributed by atoms with Crippen LogP contribution in [0.5, 0.6) is 5.75 Å². The first kappa shape index (κ1) is 43.7. The Hall–Kier alpha value is -4.70. The van der Waals surface area contributed by atoms with E-state index < -0.39 is 115 Å². The minimum Gasteiger partial charge on any atom is -0.487 e. The predicted octanol–water partition coefficient (Wildman–Crippen LogP) is 8.20. The average molecular weight is 776 g/mol. The number of amides is 3. The number of ether oxygens (including phenoxy) is 4. The molecular formula is C37H47F6N3O8. The summed E-state index contributed by atoms with van der Waals surface area (Å²) >= 11 is 0. The van der Waals surface area contributed by atoms with E-state index in [1.807, 2.05) is 0 Å². The summed E-state index contributed by atoms with van der Waals surface area (Å²) in [6.07, 6.45) is -11.8. The average Bonchev–Trinajstić information content (AvgIpc) is 3.36. The van der Waals surface area contributed by atoms with Crippen molar-refractivity contribution in [3.8, 4) is 5.75 Å². The van der Waals surface area contributed by atoms with Crippen molar-refractivity contribution in [2.45, 2.75) is 117 Å². The first-order chi connectivity index (χ1) is 24.7. The number of hydrogen-bond donors (Lipinski definition) is 0. The van der Waals surface area contributed by atoms with Crippen molar-refractivity contribution in [1.82, 2.24) is 4.90 Å². The van der Waals surface area contributed by atoms with Crippen molar-refractivity contribution in [2.75, 3.05) is 29.4 Å². The van der Waals surface area contributed by atoms with Gasteiger partial charge in [0.2, 0.25) is 6.43 Å². The van der Waals surface area contributed by atoms with Crippen LogP contribution in [-0.4, -0.2) is 84.0 Å². The quantitative estimate of drug-likeness (QED) is 0.128. The number of esters is 1. The number of carbonyl (C=O) groups is 4. The Bertz CT molecular complexity index is 1670. The van der Waals surface area contributed by atoms with Crippen LogP contribution in [0, 0.1) is 5.82 Å². The number of halogens is 6. The SMILES string of the molecule is CC(C)(C)OC(=O)CN(C(=O)C(F)(F)F)c1c(OCc2ccccc2)cc2c(c1F)C[C@H](CN(CCC(F)F)C(=O)OC(C)(C)C)N2C(=O)OC(C)(C)C. The van der Waals surface area contributed by atoms with E-state index in [1.165, 1.54) is 20.8 Å². The number of carbonyl (C=O) groups excluding carboxylic acids is 4. The van der Waals surface area contributed by atoms with Crippen molar-refractivity contribution in [1.29, 1.82) is 0 Å². The molecule has 54 heavy (non-hydrogen) atoms. The fourth-order valence-corrected chi connectivity index (χ4v) is 5.38. The maximum absolute atomic E-state index is 17.1. The number of fused-ring (bicyclic) bond motifs is 1. The molecule has 0 aromatic heterocycles. The summed E-state index contributed by atoms with van der Waals surface area (Å²) in [5.74, 6) is -6.02. The minimum absolute atomic E-state index is 0.134. The number of hydrogen-bond acceptors (Lipinski definition) is 8. The van der Waals surface area contributed by atoms with Crippen LogP contribution in [-0.2, 0) is 36.8 Å². The molecule has 1 aliphatic heterocycles. The molecule has 1 heterocycles. The Balaban J connectivity index is 2.29. The van der Waals surface area contributed by atoms with Gasteiger partial charge in [0.15, 0.2) is 5.82 Å². The highest BCUT2D eigenvalue weighted by molar-refractivity contribution is 6.03. The van der Waals surface area contributed by atoms with E-state index in [4.69, 9.17) is 18.9 Å². The lowest BCUT2D eigenvalue weighted by molar-refractivity contribution is -0.171. The highest BCUT2D eigenvalue weighted by Crippen LogP contribution is 2.46. The zero-order valence-corrected chi connectivity index (χ0v) is 31.7. The van der Waals surface area contributed by atoms with Gasteiger partial charge in [-0.2, -0.15) is 13.2 Å². The van der Waals surface area contributed by atoms with Crippen molar-refractivity contribution in [2.24, 2.45) is 0 Å². The normalized spacial score (nSPS) is 14.7. The third-order valence-corrected chi connectivity index (χ3v) is 7.34. The highest BCUT2D eigenvalue weighted by Gasteiger charge is 2.48. The molecule has 1 atom stereocenters. The lowest BCUT2D eigenvalue weighted by Crippen LogP contribution is -2.49. The van der Waals surface area contributed by atoms with Gasteiger partial charge in [-0.25, -0.2) is 22.8 Å². The fourth-order valence-electron chi connectivity index (χ4n) is 5.38. The molecule has 0 fully saturated rings. The van der Waals surface area contributed by atoms with Gasteiger partial charge in [0.1, 0.15) is 41.4 Å². The van der Waals surface area contributed by atoms with Gasteiger partial charge in [0.25, 0.3) is 0 Å². The number of alkyl halides is 5. The monoisotopic (exact) mass is 775 g/mol. The summed E-state index contributed by atoms with van der Waals surface area (Å²) in [6, 6.07) is 7.98. The van der Waals surface area contributed by atoms with E-state index >= 15 is 4.39 Å². The highest BCUT2D eigenvalue weighted by atomic mass is 19.4. The van der Waals surface area contributed by atoms with Crippen molar-refractivity contribution in [3.05, 3.63) is 53.3 Å². The second kappa shape index (κ2) is 16.8. The van der Waals surface area contributed by atoms with E-state index in [0.29, 0.717) is 5.56 Å². The first-order valence-corrected chi connectivity index (χ1v) is 17.1. The van der Waals surface area contributed by atoms with Crippen LogP contribution in [0.1, 0.15) is 79.9 Å². The maximum Gasteiger partial charge on any atom is 0.471 e. The smallest absolute Gasteiger partial charge is 0.471 e. The van der Waals surface area contributed by atoms with E-state index in [0.717, 1.165) is 15.9 Å². The molecule has 0 N–H and O–H groups in total. The van der Waals surface area contributed by atoms with Crippen molar-refractivity contribution < 1.29 is 64.5 Å². The number of benzene rings is 2. The Morgan fingerprint density at radius 1 is 0.870 bits per heavy atom. The predicted molar refractivity (Wildman–Crippen MR) is 186 cm³/mol. The van der Waals surface area contributed by atoms with Crippen LogP contribution in [0.4, 0.5) is 47.3 Å².